The van der Waals surface area contributed by atoms with Crippen molar-refractivity contribution in [2.45, 2.75) is 20.3 Å². The third-order valence-corrected chi connectivity index (χ3v) is 1.81. The van der Waals surface area contributed by atoms with Crippen LogP contribution in [-0.4, -0.2) is 24.2 Å². The number of hydrogen-bond donors (Lipinski definition) is 1. The van der Waals surface area contributed by atoms with Gasteiger partial charge < -0.3 is 4.74 Å². The lowest BCUT2D eigenvalue weighted by atomic mass is 10.0. The van der Waals surface area contributed by atoms with Gasteiger partial charge >= 0.3 is 5.97 Å². The summed E-state index contributed by atoms with van der Waals surface area (Å²) in [6.07, 6.45) is 0.194. The molecule has 1 aliphatic rings. The first-order valence-electron chi connectivity index (χ1n) is 4.17. The first-order valence-corrected chi connectivity index (χ1v) is 4.17. The van der Waals surface area contributed by atoms with Crippen LogP contribution in [0.4, 0.5) is 0 Å². The summed E-state index contributed by atoms with van der Waals surface area (Å²) in [5.74, 6) is -0.942. The number of ether oxygens (including phenoxy) is 1. The molecule has 5 nitrogen and oxygen atoms in total. The first-order chi connectivity index (χ1) is 6.15. The van der Waals surface area contributed by atoms with Gasteiger partial charge in [0.1, 0.15) is 0 Å². The summed E-state index contributed by atoms with van der Waals surface area (Å²) in [6, 6.07) is 0. The summed E-state index contributed by atoms with van der Waals surface area (Å²) in [6.45, 7) is 3.76. The fraction of sp³-hybridized carbons (Fsp3) is 0.625. The summed E-state index contributed by atoms with van der Waals surface area (Å²) in [7, 11) is 0. The first kappa shape index (κ1) is 9.70. The molecule has 0 spiro atoms. The molecule has 1 atom stereocenters. The van der Waals surface area contributed by atoms with E-state index in [2.05, 4.69) is 10.5 Å². The summed E-state index contributed by atoms with van der Waals surface area (Å²) >= 11 is 0. The third-order valence-electron chi connectivity index (χ3n) is 1.81. The van der Waals surface area contributed by atoms with Gasteiger partial charge in [-0.05, 0) is 13.8 Å². The van der Waals surface area contributed by atoms with E-state index in [-0.39, 0.29) is 18.3 Å². The Hall–Kier alpha value is -1.39. The largest absolute Gasteiger partial charge is 0.465 e. The quantitative estimate of drug-likeness (QED) is 0.631. The van der Waals surface area contributed by atoms with E-state index in [1.807, 2.05) is 0 Å². The fourth-order valence-electron chi connectivity index (χ4n) is 1.03. The molecule has 1 N–H and O–H groups in total. The number of nitrogens with zero attached hydrogens (tertiary/aromatic N) is 1. The topological polar surface area (TPSA) is 67.8 Å². The normalized spacial score (nSPS) is 17.7. The Morgan fingerprint density at radius 2 is 2.46 bits per heavy atom. The summed E-state index contributed by atoms with van der Waals surface area (Å²) < 4.78 is 4.79. The second kappa shape index (κ2) is 4.02. The summed E-state index contributed by atoms with van der Waals surface area (Å²) in [4.78, 5) is 22.0. The predicted octanol–water partition coefficient (Wildman–Crippen LogP) is 0.0615. The van der Waals surface area contributed by atoms with Crippen LogP contribution in [0, 0.1) is 5.92 Å². The number of hydrogen-bond acceptors (Lipinski definition) is 4. The van der Waals surface area contributed by atoms with Crippen molar-refractivity contribution in [3.63, 3.8) is 0 Å². The number of rotatable bonds is 3. The molecule has 5 heteroatoms. The van der Waals surface area contributed by atoms with Gasteiger partial charge in [0.15, 0.2) is 0 Å². The SMILES string of the molecule is CCOC(=O)C(C)C1=NNC(=O)C1. The molecule has 1 aliphatic heterocycles. The molecule has 0 saturated carbocycles. The molecular weight excluding hydrogens is 172 g/mol. The second-order valence-corrected chi connectivity index (χ2v) is 2.79. The van der Waals surface area contributed by atoms with Crippen LogP contribution in [0.15, 0.2) is 5.10 Å². The lowest BCUT2D eigenvalue weighted by Crippen LogP contribution is -2.22. The fourth-order valence-corrected chi connectivity index (χ4v) is 1.03. The highest BCUT2D eigenvalue weighted by atomic mass is 16.5. The molecule has 72 valence electrons. The van der Waals surface area contributed by atoms with Crippen LogP contribution in [0.3, 0.4) is 0 Å². The molecule has 1 rings (SSSR count). The Kier molecular flexibility index (Phi) is 3.00. The van der Waals surface area contributed by atoms with Gasteiger partial charge in [0.05, 0.1) is 24.7 Å². The smallest absolute Gasteiger partial charge is 0.314 e. The summed E-state index contributed by atoms with van der Waals surface area (Å²) in [5, 5.41) is 3.74. The predicted molar refractivity (Wildman–Crippen MR) is 46.0 cm³/mol. The van der Waals surface area contributed by atoms with E-state index in [4.69, 9.17) is 4.74 Å². The Bertz CT molecular complexity index is 260. The minimum atomic E-state index is -0.432. The zero-order chi connectivity index (χ0) is 9.84. The lowest BCUT2D eigenvalue weighted by Gasteiger charge is -2.07. The maximum Gasteiger partial charge on any atom is 0.314 e. The highest BCUT2D eigenvalue weighted by molar-refractivity contribution is 6.12. The molecule has 0 bridgehead atoms. The van der Waals surface area contributed by atoms with E-state index < -0.39 is 5.92 Å². The van der Waals surface area contributed by atoms with E-state index in [1.54, 1.807) is 13.8 Å². The molecule has 1 heterocycles. The Morgan fingerprint density at radius 1 is 1.77 bits per heavy atom. The van der Waals surface area contributed by atoms with Gasteiger partial charge in [0.2, 0.25) is 5.91 Å². The van der Waals surface area contributed by atoms with Crippen molar-refractivity contribution in [3.8, 4) is 0 Å². The minimum Gasteiger partial charge on any atom is -0.465 e. The Morgan fingerprint density at radius 3 is 2.92 bits per heavy atom. The number of amides is 1. The van der Waals surface area contributed by atoms with Gasteiger partial charge in [-0.25, -0.2) is 5.43 Å². The maximum absolute atomic E-state index is 11.2. The second-order valence-electron chi connectivity index (χ2n) is 2.79. The average molecular weight is 184 g/mol. The molecule has 1 unspecified atom stereocenters. The molecule has 0 fully saturated rings. The standard InChI is InChI=1S/C8H12N2O3/c1-3-13-8(12)5(2)6-4-7(11)10-9-6/h5H,3-4H2,1-2H3,(H,10,11). The Labute approximate surface area is 76.1 Å². The maximum atomic E-state index is 11.2. The van der Waals surface area contributed by atoms with Gasteiger partial charge in [-0.2, -0.15) is 5.10 Å². The van der Waals surface area contributed by atoms with Crippen LogP contribution in [-0.2, 0) is 14.3 Å². The van der Waals surface area contributed by atoms with Gasteiger partial charge in [0, 0.05) is 0 Å². The highest BCUT2D eigenvalue weighted by Crippen LogP contribution is 2.09. The number of carbonyl (C=O) groups is 2. The number of carbonyl (C=O) groups excluding carboxylic acids is 2. The molecule has 0 aromatic heterocycles. The molecule has 0 aliphatic carbocycles. The van der Waals surface area contributed by atoms with Crippen molar-refractivity contribution >= 4 is 17.6 Å². The van der Waals surface area contributed by atoms with Crippen LogP contribution >= 0.6 is 0 Å². The molecule has 0 saturated heterocycles. The highest BCUT2D eigenvalue weighted by Gasteiger charge is 2.26. The van der Waals surface area contributed by atoms with Gasteiger partial charge in [-0.15, -0.1) is 0 Å². The van der Waals surface area contributed by atoms with E-state index >= 15 is 0 Å². The van der Waals surface area contributed by atoms with Crippen molar-refractivity contribution in [1.29, 1.82) is 0 Å². The van der Waals surface area contributed by atoms with Crippen molar-refractivity contribution in [2.24, 2.45) is 11.0 Å². The summed E-state index contributed by atoms with van der Waals surface area (Å²) in [5.41, 5.74) is 2.83. The van der Waals surface area contributed by atoms with Crippen LogP contribution < -0.4 is 5.43 Å². The van der Waals surface area contributed by atoms with Crippen LogP contribution in [0.1, 0.15) is 20.3 Å². The molecule has 0 radical (unpaired) electrons. The molecule has 13 heavy (non-hydrogen) atoms. The van der Waals surface area contributed by atoms with Gasteiger partial charge in [-0.3, -0.25) is 9.59 Å². The Balaban J connectivity index is 2.52. The lowest BCUT2D eigenvalue weighted by molar-refractivity contribution is -0.145. The van der Waals surface area contributed by atoms with Crippen LogP contribution in [0.25, 0.3) is 0 Å². The number of hydrazone groups is 1. The number of nitrogens with one attached hydrogen (secondary N) is 1. The molecule has 1 amide bonds. The van der Waals surface area contributed by atoms with Crippen LogP contribution in [0.5, 0.6) is 0 Å². The zero-order valence-electron chi connectivity index (χ0n) is 7.66. The molecular formula is C8H12N2O3. The minimum absolute atomic E-state index is 0.175. The van der Waals surface area contributed by atoms with Crippen molar-refractivity contribution in [1.82, 2.24) is 5.43 Å². The van der Waals surface area contributed by atoms with E-state index in [0.29, 0.717) is 12.3 Å². The van der Waals surface area contributed by atoms with Gasteiger partial charge in [-0.1, -0.05) is 0 Å². The molecule has 0 aromatic carbocycles. The van der Waals surface area contributed by atoms with Gasteiger partial charge in [0.25, 0.3) is 0 Å². The van der Waals surface area contributed by atoms with Crippen molar-refractivity contribution in [3.05, 3.63) is 0 Å². The van der Waals surface area contributed by atoms with E-state index in [9.17, 15) is 9.59 Å². The third kappa shape index (κ3) is 2.27. The van der Waals surface area contributed by atoms with E-state index in [0.717, 1.165) is 0 Å². The van der Waals surface area contributed by atoms with Crippen molar-refractivity contribution < 1.29 is 14.3 Å². The number of esters is 1. The monoisotopic (exact) mass is 184 g/mol. The van der Waals surface area contributed by atoms with E-state index in [1.165, 1.54) is 0 Å². The van der Waals surface area contributed by atoms with Crippen LogP contribution in [0.2, 0.25) is 0 Å². The van der Waals surface area contributed by atoms with Crippen molar-refractivity contribution in [2.75, 3.05) is 6.61 Å². The average Bonchev–Trinajstić information content (AvgIpc) is 2.51. The zero-order valence-corrected chi connectivity index (χ0v) is 7.66. The molecule has 0 aromatic rings.